The van der Waals surface area contributed by atoms with Crippen LogP contribution in [-0.4, -0.2) is 50.5 Å². The maximum atomic E-state index is 13.6. The number of carbonyl (C=O) groups excluding carboxylic acids is 3. The van der Waals surface area contributed by atoms with Crippen LogP contribution in [0, 0.1) is 0 Å². The second-order valence-electron chi connectivity index (χ2n) is 8.36. The van der Waals surface area contributed by atoms with Gasteiger partial charge in [-0.05, 0) is 54.6 Å². The minimum absolute atomic E-state index is 0.0715. The number of para-hydroxylation sites is 1. The standard InChI is InChI=1S/C26H23Cl2N3O6S/c27-19-8-11-24(23(28)16-19)37-31(20-4-2-1-3-5-20)38(35,36)22-9-6-18(7-10-22)26(34)29-17-25(33)30-14-12-21(32)13-15-30/h1-11,16H,12-15,17H2,(H,29,34). The number of hydrogen-bond donors (Lipinski definition) is 1. The summed E-state index contributed by atoms with van der Waals surface area (Å²) in [7, 11) is -4.27. The van der Waals surface area contributed by atoms with E-state index in [9.17, 15) is 22.8 Å². The van der Waals surface area contributed by atoms with Crippen LogP contribution in [0.1, 0.15) is 23.2 Å². The molecule has 0 unspecified atom stereocenters. The van der Waals surface area contributed by atoms with Gasteiger partial charge < -0.3 is 15.1 Å². The topological polar surface area (TPSA) is 113 Å². The van der Waals surface area contributed by atoms with Crippen molar-refractivity contribution in [2.45, 2.75) is 17.7 Å². The fourth-order valence-electron chi connectivity index (χ4n) is 3.68. The molecule has 1 N–H and O–H groups in total. The van der Waals surface area contributed by atoms with Gasteiger partial charge in [0.05, 0.1) is 22.2 Å². The SMILES string of the molecule is O=C1CCN(C(=O)CNC(=O)c2ccc(S(=O)(=O)N(Oc3ccc(Cl)cc3Cl)c3ccccc3)cc2)CC1. The van der Waals surface area contributed by atoms with E-state index in [2.05, 4.69) is 5.32 Å². The highest BCUT2D eigenvalue weighted by Gasteiger charge is 2.29. The Bertz CT molecular complexity index is 1440. The number of anilines is 1. The highest BCUT2D eigenvalue weighted by molar-refractivity contribution is 7.92. The molecule has 1 saturated heterocycles. The second-order valence-corrected chi connectivity index (χ2v) is 11.0. The van der Waals surface area contributed by atoms with Crippen LogP contribution < -0.4 is 14.6 Å². The van der Waals surface area contributed by atoms with E-state index in [0.717, 1.165) is 4.47 Å². The largest absolute Gasteiger partial charge is 0.363 e. The highest BCUT2D eigenvalue weighted by atomic mass is 35.5. The number of likely N-dealkylation sites (tertiary alicyclic amines) is 1. The predicted octanol–water partition coefficient (Wildman–Crippen LogP) is 4.10. The number of Topliss-reactive ketones (excluding diaryl/α,β-unsaturated/α-hetero) is 1. The van der Waals surface area contributed by atoms with Crippen molar-refractivity contribution in [3.05, 3.63) is 88.4 Å². The number of nitrogens with one attached hydrogen (secondary N) is 1. The Kier molecular flexibility index (Phi) is 8.55. The summed E-state index contributed by atoms with van der Waals surface area (Å²) in [6.45, 7) is 0.438. The molecule has 1 heterocycles. The van der Waals surface area contributed by atoms with Gasteiger partial charge in [0.25, 0.3) is 15.9 Å². The van der Waals surface area contributed by atoms with Crippen LogP contribution in [0.2, 0.25) is 10.0 Å². The summed E-state index contributed by atoms with van der Waals surface area (Å²) >= 11 is 12.1. The molecule has 3 aromatic rings. The first-order chi connectivity index (χ1) is 18.1. The summed E-state index contributed by atoms with van der Waals surface area (Å²) in [6, 6.07) is 17.8. The van der Waals surface area contributed by atoms with Gasteiger partial charge in [-0.2, -0.15) is 8.42 Å². The van der Waals surface area contributed by atoms with Gasteiger partial charge in [0.15, 0.2) is 5.75 Å². The maximum Gasteiger partial charge on any atom is 0.295 e. The van der Waals surface area contributed by atoms with E-state index in [0.29, 0.717) is 31.0 Å². The molecular formula is C26H23Cl2N3O6S. The lowest BCUT2D eigenvalue weighted by Crippen LogP contribution is -2.44. The third-order valence-electron chi connectivity index (χ3n) is 5.75. The Morgan fingerprint density at radius 3 is 2.24 bits per heavy atom. The first kappa shape index (κ1) is 27.4. The predicted molar refractivity (Wildman–Crippen MR) is 143 cm³/mol. The zero-order chi connectivity index (χ0) is 27.3. The lowest BCUT2D eigenvalue weighted by atomic mass is 10.1. The molecular weight excluding hydrogens is 553 g/mol. The van der Waals surface area contributed by atoms with E-state index in [4.69, 9.17) is 28.0 Å². The van der Waals surface area contributed by atoms with Gasteiger partial charge in [-0.15, -0.1) is 0 Å². The van der Waals surface area contributed by atoms with Gasteiger partial charge in [0.2, 0.25) is 5.91 Å². The average molecular weight is 576 g/mol. The zero-order valence-electron chi connectivity index (χ0n) is 20.0. The Morgan fingerprint density at radius 1 is 0.947 bits per heavy atom. The molecule has 0 saturated carbocycles. The molecule has 9 nitrogen and oxygen atoms in total. The lowest BCUT2D eigenvalue weighted by Gasteiger charge is -2.26. The van der Waals surface area contributed by atoms with Crippen molar-refractivity contribution in [2.24, 2.45) is 0 Å². The van der Waals surface area contributed by atoms with Crippen molar-refractivity contribution in [3.8, 4) is 5.75 Å². The Morgan fingerprint density at radius 2 is 1.61 bits per heavy atom. The molecule has 0 atom stereocenters. The molecule has 0 spiro atoms. The quantitative estimate of drug-likeness (QED) is 0.404. The fraction of sp³-hybridized carbons (Fsp3) is 0.192. The van der Waals surface area contributed by atoms with Crippen LogP contribution >= 0.6 is 23.2 Å². The van der Waals surface area contributed by atoms with E-state index in [1.54, 1.807) is 30.3 Å². The number of ketones is 1. The smallest absolute Gasteiger partial charge is 0.295 e. The molecule has 2 amide bonds. The van der Waals surface area contributed by atoms with E-state index in [-0.39, 0.29) is 45.2 Å². The normalized spacial score (nSPS) is 13.6. The maximum absolute atomic E-state index is 13.6. The number of amides is 2. The molecule has 12 heteroatoms. The molecule has 0 radical (unpaired) electrons. The van der Waals surface area contributed by atoms with E-state index in [1.165, 1.54) is 47.4 Å². The number of sulfonamides is 1. The van der Waals surface area contributed by atoms with E-state index in [1.807, 2.05) is 0 Å². The zero-order valence-corrected chi connectivity index (χ0v) is 22.3. The number of nitrogens with zero attached hydrogens (tertiary/aromatic N) is 2. The first-order valence-corrected chi connectivity index (χ1v) is 13.8. The third-order valence-corrected chi connectivity index (χ3v) is 7.87. The molecule has 0 bridgehead atoms. The summed E-state index contributed by atoms with van der Waals surface area (Å²) in [5, 5.41) is 3.01. The number of rotatable bonds is 8. The molecule has 1 fully saturated rings. The monoisotopic (exact) mass is 575 g/mol. The highest BCUT2D eigenvalue weighted by Crippen LogP contribution is 2.32. The van der Waals surface area contributed by atoms with E-state index < -0.39 is 15.9 Å². The second kappa shape index (κ2) is 11.8. The van der Waals surface area contributed by atoms with Crippen molar-refractivity contribution >= 4 is 56.5 Å². The van der Waals surface area contributed by atoms with Crippen LogP contribution in [0.5, 0.6) is 5.75 Å². The van der Waals surface area contributed by atoms with Crippen LogP contribution in [0.3, 0.4) is 0 Å². The average Bonchev–Trinajstić information content (AvgIpc) is 2.92. The van der Waals surface area contributed by atoms with Gasteiger partial charge in [-0.3, -0.25) is 14.4 Å². The number of carbonyl (C=O) groups is 3. The summed E-state index contributed by atoms with van der Waals surface area (Å²) < 4.78 is 27.9. The van der Waals surface area contributed by atoms with Gasteiger partial charge in [0, 0.05) is 36.5 Å². The summed E-state index contributed by atoms with van der Waals surface area (Å²) in [5.74, 6) is -0.649. The molecule has 198 valence electrons. The summed E-state index contributed by atoms with van der Waals surface area (Å²) in [5.41, 5.74) is 0.386. The van der Waals surface area contributed by atoms with Crippen LogP contribution in [0.15, 0.2) is 77.7 Å². The first-order valence-electron chi connectivity index (χ1n) is 11.6. The van der Waals surface area contributed by atoms with Gasteiger partial charge in [-0.1, -0.05) is 45.9 Å². The van der Waals surface area contributed by atoms with Gasteiger partial charge in [0.1, 0.15) is 5.78 Å². The molecule has 38 heavy (non-hydrogen) atoms. The van der Waals surface area contributed by atoms with Crippen LogP contribution in [-0.2, 0) is 19.6 Å². The van der Waals surface area contributed by atoms with Crippen molar-refractivity contribution in [1.29, 1.82) is 0 Å². The molecule has 0 aliphatic carbocycles. The Labute approximate surface area is 229 Å². The number of halogens is 2. The third kappa shape index (κ3) is 6.45. The minimum Gasteiger partial charge on any atom is -0.363 e. The summed E-state index contributed by atoms with van der Waals surface area (Å²) in [4.78, 5) is 43.3. The van der Waals surface area contributed by atoms with Crippen molar-refractivity contribution in [2.75, 3.05) is 24.1 Å². The van der Waals surface area contributed by atoms with Crippen molar-refractivity contribution < 1.29 is 27.6 Å². The summed E-state index contributed by atoms with van der Waals surface area (Å²) in [6.07, 6.45) is 0.618. The molecule has 3 aromatic carbocycles. The number of hydrogen-bond acceptors (Lipinski definition) is 6. The van der Waals surface area contributed by atoms with Gasteiger partial charge in [-0.25, -0.2) is 0 Å². The molecule has 4 rings (SSSR count). The minimum atomic E-state index is -4.27. The van der Waals surface area contributed by atoms with Gasteiger partial charge >= 0.3 is 0 Å². The Balaban J connectivity index is 1.50. The van der Waals surface area contributed by atoms with Crippen molar-refractivity contribution in [3.63, 3.8) is 0 Å². The fourth-order valence-corrected chi connectivity index (χ4v) is 5.37. The molecule has 0 aromatic heterocycles. The number of benzene rings is 3. The molecule has 1 aliphatic rings. The molecule has 1 aliphatic heterocycles. The number of piperidine rings is 1. The Hall–Kier alpha value is -3.60. The lowest BCUT2D eigenvalue weighted by molar-refractivity contribution is -0.133. The van der Waals surface area contributed by atoms with Crippen molar-refractivity contribution in [1.82, 2.24) is 10.2 Å². The van der Waals surface area contributed by atoms with Crippen LogP contribution in [0.25, 0.3) is 0 Å². The van der Waals surface area contributed by atoms with Crippen LogP contribution in [0.4, 0.5) is 5.69 Å². The van der Waals surface area contributed by atoms with E-state index >= 15 is 0 Å².